The van der Waals surface area contributed by atoms with Crippen molar-refractivity contribution in [2.24, 2.45) is 11.1 Å². The van der Waals surface area contributed by atoms with E-state index in [0.717, 1.165) is 5.69 Å². The first kappa shape index (κ1) is 13.4. The van der Waals surface area contributed by atoms with E-state index < -0.39 is 5.41 Å². The molecule has 2 rings (SSSR count). The van der Waals surface area contributed by atoms with Gasteiger partial charge in [-0.05, 0) is 12.8 Å². The first-order chi connectivity index (χ1) is 8.65. The number of amides is 1. The topological polar surface area (TPSA) is 77.2 Å². The van der Waals surface area contributed by atoms with Crippen molar-refractivity contribution >= 4 is 34.5 Å². The molecule has 0 saturated carbocycles. The summed E-state index contributed by atoms with van der Waals surface area (Å²) in [5, 5.41) is 4.76. The molecular weight excluding hydrogens is 270 g/mol. The molecule has 5 nitrogen and oxygen atoms in total. The maximum absolute atomic E-state index is 12.3. The Morgan fingerprint density at radius 2 is 2.33 bits per heavy atom. The molecule has 2 heterocycles. The molecule has 98 valence electrons. The standard InChI is InChI=1S/C11H15N3O2S2/c12-9(17)11(1-3-16-4-2-11)10(15)13-5-8-6-18-7-14-8/h6-7H,1-5H2,(H2,12,17)(H,13,15). The predicted octanol–water partition coefficient (Wildman–Crippen LogP) is 0.842. The lowest BCUT2D eigenvalue weighted by Crippen LogP contribution is -2.51. The number of thiazole rings is 1. The van der Waals surface area contributed by atoms with Gasteiger partial charge < -0.3 is 15.8 Å². The van der Waals surface area contributed by atoms with E-state index in [2.05, 4.69) is 10.3 Å². The Kier molecular flexibility index (Phi) is 4.26. The Morgan fingerprint density at radius 3 is 2.89 bits per heavy atom. The first-order valence-electron chi connectivity index (χ1n) is 5.68. The average molecular weight is 285 g/mol. The van der Waals surface area contributed by atoms with Crippen molar-refractivity contribution in [1.82, 2.24) is 10.3 Å². The Balaban J connectivity index is 2.02. The third-order valence-electron chi connectivity index (χ3n) is 3.17. The zero-order valence-electron chi connectivity index (χ0n) is 9.85. The highest BCUT2D eigenvalue weighted by atomic mass is 32.1. The van der Waals surface area contributed by atoms with E-state index in [0.29, 0.717) is 32.6 Å². The van der Waals surface area contributed by atoms with E-state index in [1.807, 2.05) is 5.38 Å². The fourth-order valence-electron chi connectivity index (χ4n) is 1.97. The van der Waals surface area contributed by atoms with Crippen LogP contribution in [0.3, 0.4) is 0 Å². The number of aromatic nitrogens is 1. The van der Waals surface area contributed by atoms with Crippen LogP contribution < -0.4 is 11.1 Å². The van der Waals surface area contributed by atoms with Crippen LogP contribution in [0.4, 0.5) is 0 Å². The van der Waals surface area contributed by atoms with Crippen molar-refractivity contribution in [2.75, 3.05) is 13.2 Å². The summed E-state index contributed by atoms with van der Waals surface area (Å²) in [4.78, 5) is 16.7. The maximum atomic E-state index is 12.3. The van der Waals surface area contributed by atoms with Crippen molar-refractivity contribution in [3.05, 3.63) is 16.6 Å². The lowest BCUT2D eigenvalue weighted by molar-refractivity contribution is -0.131. The highest BCUT2D eigenvalue weighted by Crippen LogP contribution is 2.31. The number of thiocarbonyl (C=S) groups is 1. The molecule has 1 amide bonds. The van der Waals surface area contributed by atoms with E-state index in [1.54, 1.807) is 5.51 Å². The molecule has 7 heteroatoms. The van der Waals surface area contributed by atoms with Crippen molar-refractivity contribution in [3.63, 3.8) is 0 Å². The number of nitrogens with one attached hydrogen (secondary N) is 1. The fourth-order valence-corrected chi connectivity index (χ4v) is 2.83. The predicted molar refractivity (Wildman–Crippen MR) is 73.2 cm³/mol. The van der Waals surface area contributed by atoms with Crippen LogP contribution in [0.5, 0.6) is 0 Å². The van der Waals surface area contributed by atoms with Crippen LogP contribution >= 0.6 is 23.6 Å². The smallest absolute Gasteiger partial charge is 0.233 e. The number of carbonyl (C=O) groups is 1. The molecule has 1 saturated heterocycles. The minimum absolute atomic E-state index is 0.119. The number of hydrogen-bond acceptors (Lipinski definition) is 5. The molecule has 1 fully saturated rings. The summed E-state index contributed by atoms with van der Waals surface area (Å²) in [6.45, 7) is 1.44. The largest absolute Gasteiger partial charge is 0.392 e. The average Bonchev–Trinajstić information content (AvgIpc) is 2.89. The minimum Gasteiger partial charge on any atom is -0.392 e. The second-order valence-electron chi connectivity index (χ2n) is 4.22. The van der Waals surface area contributed by atoms with Crippen LogP contribution in [-0.4, -0.2) is 29.1 Å². The lowest BCUT2D eigenvalue weighted by atomic mass is 9.79. The fraction of sp³-hybridized carbons (Fsp3) is 0.545. The van der Waals surface area contributed by atoms with Gasteiger partial charge in [0.2, 0.25) is 5.91 Å². The maximum Gasteiger partial charge on any atom is 0.233 e. The summed E-state index contributed by atoms with van der Waals surface area (Å²) >= 11 is 6.57. The van der Waals surface area contributed by atoms with Crippen molar-refractivity contribution in [2.45, 2.75) is 19.4 Å². The normalized spacial score (nSPS) is 18.2. The molecule has 1 aliphatic rings. The van der Waals surface area contributed by atoms with Gasteiger partial charge >= 0.3 is 0 Å². The van der Waals surface area contributed by atoms with Crippen LogP contribution in [0.2, 0.25) is 0 Å². The molecule has 0 bridgehead atoms. The van der Waals surface area contributed by atoms with Crippen molar-refractivity contribution in [3.8, 4) is 0 Å². The number of nitrogens with zero attached hydrogens (tertiary/aromatic N) is 1. The van der Waals surface area contributed by atoms with Crippen LogP contribution in [0, 0.1) is 5.41 Å². The summed E-state index contributed by atoms with van der Waals surface area (Å²) in [6, 6.07) is 0. The van der Waals surface area contributed by atoms with Crippen LogP contribution in [0.1, 0.15) is 18.5 Å². The zero-order chi connectivity index (χ0) is 13.0. The molecule has 0 spiro atoms. The monoisotopic (exact) mass is 285 g/mol. The van der Waals surface area contributed by atoms with E-state index in [1.165, 1.54) is 11.3 Å². The highest BCUT2D eigenvalue weighted by Gasteiger charge is 2.42. The number of ether oxygens (including phenoxy) is 1. The number of rotatable bonds is 4. The quantitative estimate of drug-likeness (QED) is 0.802. The molecule has 1 aromatic rings. The van der Waals surface area contributed by atoms with Gasteiger partial charge in [0.15, 0.2) is 0 Å². The number of hydrogen-bond donors (Lipinski definition) is 2. The summed E-state index contributed by atoms with van der Waals surface area (Å²) in [5.74, 6) is -0.119. The highest BCUT2D eigenvalue weighted by molar-refractivity contribution is 7.80. The van der Waals surface area contributed by atoms with Gasteiger partial charge in [-0.2, -0.15) is 0 Å². The summed E-state index contributed by atoms with van der Waals surface area (Å²) in [6.07, 6.45) is 1.09. The van der Waals surface area contributed by atoms with Gasteiger partial charge in [0.1, 0.15) is 5.41 Å². The molecule has 0 aliphatic carbocycles. The third-order valence-corrected chi connectivity index (χ3v) is 4.19. The third kappa shape index (κ3) is 2.68. The Bertz CT molecular complexity index is 428. The van der Waals surface area contributed by atoms with Gasteiger partial charge in [0.05, 0.1) is 22.7 Å². The van der Waals surface area contributed by atoms with Gasteiger partial charge in [-0.3, -0.25) is 4.79 Å². The molecule has 18 heavy (non-hydrogen) atoms. The molecule has 0 aromatic carbocycles. The van der Waals surface area contributed by atoms with E-state index >= 15 is 0 Å². The van der Waals surface area contributed by atoms with Gasteiger partial charge in [-0.25, -0.2) is 4.98 Å². The van der Waals surface area contributed by atoms with Crippen LogP contribution in [-0.2, 0) is 16.1 Å². The molecule has 1 aromatic heterocycles. The second kappa shape index (κ2) is 5.73. The molecular formula is C11H15N3O2S2. The van der Waals surface area contributed by atoms with E-state index in [4.69, 9.17) is 22.7 Å². The van der Waals surface area contributed by atoms with Gasteiger partial charge in [-0.15, -0.1) is 11.3 Å². The van der Waals surface area contributed by atoms with Gasteiger partial charge in [0, 0.05) is 18.6 Å². The van der Waals surface area contributed by atoms with Gasteiger partial charge in [0.25, 0.3) is 0 Å². The summed E-state index contributed by atoms with van der Waals surface area (Å²) in [5.41, 5.74) is 7.57. The Hall–Kier alpha value is -1.05. The SMILES string of the molecule is NC(=S)C1(C(=O)NCc2cscn2)CCOCC1. The number of nitrogens with two attached hydrogens (primary N) is 1. The summed E-state index contributed by atoms with van der Waals surface area (Å²) in [7, 11) is 0. The van der Waals surface area contributed by atoms with Crippen LogP contribution in [0.25, 0.3) is 0 Å². The first-order valence-corrected chi connectivity index (χ1v) is 7.03. The second-order valence-corrected chi connectivity index (χ2v) is 5.38. The lowest BCUT2D eigenvalue weighted by Gasteiger charge is -2.34. The van der Waals surface area contributed by atoms with Crippen molar-refractivity contribution in [1.29, 1.82) is 0 Å². The molecule has 0 atom stereocenters. The molecule has 0 unspecified atom stereocenters. The van der Waals surface area contributed by atoms with E-state index in [9.17, 15) is 4.79 Å². The van der Waals surface area contributed by atoms with Crippen molar-refractivity contribution < 1.29 is 9.53 Å². The Labute approximate surface area is 115 Å². The van der Waals surface area contributed by atoms with E-state index in [-0.39, 0.29) is 10.9 Å². The Morgan fingerprint density at radius 1 is 1.61 bits per heavy atom. The molecule has 0 radical (unpaired) electrons. The molecule has 3 N–H and O–H groups in total. The summed E-state index contributed by atoms with van der Waals surface area (Å²) < 4.78 is 5.27. The van der Waals surface area contributed by atoms with Gasteiger partial charge in [-0.1, -0.05) is 12.2 Å². The zero-order valence-corrected chi connectivity index (χ0v) is 11.5. The minimum atomic E-state index is -0.760. The molecule has 1 aliphatic heterocycles. The number of carbonyl (C=O) groups excluding carboxylic acids is 1. The van der Waals surface area contributed by atoms with Crippen LogP contribution in [0.15, 0.2) is 10.9 Å².